The molecule has 0 unspecified atom stereocenters. The lowest BCUT2D eigenvalue weighted by Crippen LogP contribution is -2.33. The zero-order valence-corrected chi connectivity index (χ0v) is 12.9. The van der Waals surface area contributed by atoms with Crippen molar-refractivity contribution in [3.05, 3.63) is 64.7 Å². The van der Waals surface area contributed by atoms with Gasteiger partial charge in [-0.15, -0.1) is 0 Å². The summed E-state index contributed by atoms with van der Waals surface area (Å²) < 4.78 is 18.2. The molecule has 0 bridgehead atoms. The molecule has 22 heavy (non-hydrogen) atoms. The van der Waals surface area contributed by atoms with Crippen LogP contribution in [-0.2, 0) is 11.3 Å². The third-order valence-corrected chi connectivity index (χ3v) is 3.45. The number of carbonyl (C=O) groups excluding carboxylic acids is 1. The normalized spacial score (nSPS) is 10.5. The molecule has 0 aliphatic carbocycles. The van der Waals surface area contributed by atoms with E-state index >= 15 is 0 Å². The first kappa shape index (κ1) is 16.4. The minimum absolute atomic E-state index is 0.0992. The molecule has 0 aliphatic rings. The Morgan fingerprint density at radius 2 is 2.05 bits per heavy atom. The molecule has 0 radical (unpaired) electrons. The van der Waals surface area contributed by atoms with Crippen LogP contribution in [0.15, 0.2) is 42.7 Å². The summed E-state index contributed by atoms with van der Waals surface area (Å²) in [5.41, 5.74) is 1.21. The highest BCUT2D eigenvalue weighted by atomic mass is 35.5. The highest BCUT2D eigenvalue weighted by Gasteiger charge is 2.19. The minimum atomic E-state index is -0.473. The van der Waals surface area contributed by atoms with Crippen molar-refractivity contribution in [2.24, 2.45) is 0 Å². The smallest absolute Gasteiger partial charge is 0.255 e. The van der Waals surface area contributed by atoms with Crippen molar-refractivity contribution in [3.63, 3.8) is 0 Å². The first-order valence-electron chi connectivity index (χ1n) is 6.74. The fraction of sp³-hybridized carbons (Fsp3) is 0.250. The van der Waals surface area contributed by atoms with Gasteiger partial charge in [0.05, 0.1) is 17.2 Å². The molecule has 1 heterocycles. The van der Waals surface area contributed by atoms with E-state index in [9.17, 15) is 9.18 Å². The number of rotatable bonds is 6. The van der Waals surface area contributed by atoms with Crippen LogP contribution in [-0.4, -0.2) is 36.1 Å². The summed E-state index contributed by atoms with van der Waals surface area (Å²) in [6.45, 7) is 1.21. The number of methoxy groups -OCH3 is 1. The summed E-state index contributed by atoms with van der Waals surface area (Å²) in [7, 11) is 1.57. The summed E-state index contributed by atoms with van der Waals surface area (Å²) in [6.07, 6.45) is 3.33. The van der Waals surface area contributed by atoms with Crippen molar-refractivity contribution in [2.75, 3.05) is 20.3 Å². The largest absolute Gasteiger partial charge is 0.383 e. The maximum atomic E-state index is 13.1. The van der Waals surface area contributed by atoms with Gasteiger partial charge in [0.25, 0.3) is 5.91 Å². The van der Waals surface area contributed by atoms with E-state index in [2.05, 4.69) is 4.98 Å². The Morgan fingerprint density at radius 1 is 1.32 bits per heavy atom. The summed E-state index contributed by atoms with van der Waals surface area (Å²) >= 11 is 5.98. The van der Waals surface area contributed by atoms with Crippen molar-refractivity contribution < 1.29 is 13.9 Å². The number of hydrogen-bond donors (Lipinski definition) is 0. The van der Waals surface area contributed by atoms with Gasteiger partial charge in [-0.1, -0.05) is 11.6 Å². The molecule has 4 nitrogen and oxygen atoms in total. The van der Waals surface area contributed by atoms with E-state index < -0.39 is 5.82 Å². The van der Waals surface area contributed by atoms with Gasteiger partial charge >= 0.3 is 0 Å². The Balaban J connectivity index is 2.22. The first-order valence-corrected chi connectivity index (χ1v) is 7.12. The molecule has 0 spiro atoms. The Bertz CT molecular complexity index is 637. The van der Waals surface area contributed by atoms with Crippen molar-refractivity contribution >= 4 is 17.5 Å². The molecule has 6 heteroatoms. The molecule has 116 valence electrons. The predicted molar refractivity (Wildman–Crippen MR) is 82.3 cm³/mol. The lowest BCUT2D eigenvalue weighted by atomic mass is 10.1. The van der Waals surface area contributed by atoms with E-state index in [1.54, 1.807) is 24.4 Å². The van der Waals surface area contributed by atoms with Crippen LogP contribution in [0.2, 0.25) is 5.02 Å². The molecule has 2 rings (SSSR count). The van der Waals surface area contributed by atoms with E-state index in [1.165, 1.54) is 12.1 Å². The second-order valence-corrected chi connectivity index (χ2v) is 5.11. The van der Waals surface area contributed by atoms with E-state index in [0.717, 1.165) is 11.6 Å². The van der Waals surface area contributed by atoms with Crippen molar-refractivity contribution in [2.45, 2.75) is 6.54 Å². The van der Waals surface area contributed by atoms with Gasteiger partial charge < -0.3 is 9.64 Å². The number of amides is 1. The minimum Gasteiger partial charge on any atom is -0.383 e. The molecule has 1 amide bonds. The number of halogens is 2. The fourth-order valence-corrected chi connectivity index (χ4v) is 2.24. The van der Waals surface area contributed by atoms with E-state index in [1.807, 2.05) is 12.1 Å². The number of ether oxygens (including phenoxy) is 1. The Labute approximate surface area is 133 Å². The highest BCUT2D eigenvalue weighted by molar-refractivity contribution is 6.33. The summed E-state index contributed by atoms with van der Waals surface area (Å²) in [6, 6.07) is 7.42. The summed E-state index contributed by atoms with van der Waals surface area (Å²) in [5, 5.41) is 0.0992. The second kappa shape index (κ2) is 7.87. The third kappa shape index (κ3) is 4.26. The molecule has 0 atom stereocenters. The second-order valence-electron chi connectivity index (χ2n) is 4.70. The summed E-state index contributed by atoms with van der Waals surface area (Å²) in [4.78, 5) is 18.2. The van der Waals surface area contributed by atoms with Gasteiger partial charge in [-0.25, -0.2) is 4.39 Å². The predicted octanol–water partition coefficient (Wildman–Crippen LogP) is 3.16. The molecule has 0 N–H and O–H groups in total. The topological polar surface area (TPSA) is 42.4 Å². The monoisotopic (exact) mass is 322 g/mol. The standard InChI is InChI=1S/C16H16ClFN2O2/c1-22-9-8-20(11-12-4-6-19-7-5-12)16(21)14-3-2-13(18)10-15(14)17/h2-7,10H,8-9,11H2,1H3. The Morgan fingerprint density at radius 3 is 2.68 bits per heavy atom. The van der Waals surface area contributed by atoms with Gasteiger partial charge in [0.1, 0.15) is 5.82 Å². The van der Waals surface area contributed by atoms with Gasteiger partial charge in [0, 0.05) is 32.6 Å². The molecule has 0 fully saturated rings. The van der Waals surface area contributed by atoms with E-state index in [0.29, 0.717) is 19.7 Å². The molecule has 0 saturated heterocycles. The van der Waals surface area contributed by atoms with Crippen LogP contribution >= 0.6 is 11.6 Å². The van der Waals surface area contributed by atoms with Crippen LogP contribution < -0.4 is 0 Å². The Hall–Kier alpha value is -1.98. The molecule has 1 aromatic carbocycles. The van der Waals surface area contributed by atoms with Crippen LogP contribution in [0.1, 0.15) is 15.9 Å². The Kier molecular flexibility index (Phi) is 5.86. The average Bonchev–Trinajstić information content (AvgIpc) is 2.52. The molecular formula is C16H16ClFN2O2. The molecule has 2 aromatic rings. The van der Waals surface area contributed by atoms with E-state index in [-0.39, 0.29) is 16.5 Å². The van der Waals surface area contributed by atoms with Gasteiger partial charge in [-0.3, -0.25) is 9.78 Å². The van der Waals surface area contributed by atoms with Crippen LogP contribution in [0, 0.1) is 5.82 Å². The lowest BCUT2D eigenvalue weighted by molar-refractivity contribution is 0.0680. The van der Waals surface area contributed by atoms with Crippen molar-refractivity contribution in [1.82, 2.24) is 9.88 Å². The van der Waals surface area contributed by atoms with E-state index in [4.69, 9.17) is 16.3 Å². The van der Waals surface area contributed by atoms with Crippen LogP contribution in [0.25, 0.3) is 0 Å². The highest BCUT2D eigenvalue weighted by Crippen LogP contribution is 2.20. The number of carbonyl (C=O) groups is 1. The van der Waals surface area contributed by atoms with Crippen molar-refractivity contribution in [1.29, 1.82) is 0 Å². The fourth-order valence-electron chi connectivity index (χ4n) is 2.00. The quantitative estimate of drug-likeness (QED) is 0.820. The maximum Gasteiger partial charge on any atom is 0.255 e. The zero-order chi connectivity index (χ0) is 15.9. The maximum absolute atomic E-state index is 13.1. The molecule has 1 aromatic heterocycles. The van der Waals surface area contributed by atoms with Crippen LogP contribution in [0.4, 0.5) is 4.39 Å². The number of pyridine rings is 1. The zero-order valence-electron chi connectivity index (χ0n) is 12.1. The number of benzene rings is 1. The van der Waals surface area contributed by atoms with Gasteiger partial charge in [-0.2, -0.15) is 0 Å². The lowest BCUT2D eigenvalue weighted by Gasteiger charge is -2.23. The number of nitrogens with zero attached hydrogens (tertiary/aromatic N) is 2. The van der Waals surface area contributed by atoms with Crippen molar-refractivity contribution in [3.8, 4) is 0 Å². The van der Waals surface area contributed by atoms with Gasteiger partial charge in [-0.05, 0) is 35.9 Å². The molecule has 0 saturated carbocycles. The van der Waals surface area contributed by atoms with Crippen LogP contribution in [0.3, 0.4) is 0 Å². The van der Waals surface area contributed by atoms with Gasteiger partial charge in [0.15, 0.2) is 0 Å². The number of hydrogen-bond acceptors (Lipinski definition) is 3. The summed E-state index contributed by atoms with van der Waals surface area (Å²) in [5.74, 6) is -0.738. The van der Waals surface area contributed by atoms with Crippen LogP contribution in [0.5, 0.6) is 0 Å². The number of aromatic nitrogens is 1. The SMILES string of the molecule is COCCN(Cc1ccncc1)C(=O)c1ccc(F)cc1Cl. The molecular weight excluding hydrogens is 307 g/mol. The third-order valence-electron chi connectivity index (χ3n) is 3.14. The first-order chi connectivity index (χ1) is 10.6. The molecule has 0 aliphatic heterocycles. The van der Waals surface area contributed by atoms with Gasteiger partial charge in [0.2, 0.25) is 0 Å². The average molecular weight is 323 g/mol.